The van der Waals surface area contributed by atoms with Gasteiger partial charge >= 0.3 is 0 Å². The zero-order valence-corrected chi connectivity index (χ0v) is 11.6. The van der Waals surface area contributed by atoms with E-state index in [1.807, 2.05) is 0 Å². The number of hydrogen-bond donors (Lipinski definition) is 2. The molecule has 21 heavy (non-hydrogen) atoms. The van der Waals surface area contributed by atoms with Crippen LogP contribution in [0.3, 0.4) is 0 Å². The number of fused-ring (bicyclic) bond motifs is 1. The van der Waals surface area contributed by atoms with Crippen molar-refractivity contribution in [2.75, 3.05) is 6.61 Å². The third-order valence-electron chi connectivity index (χ3n) is 4.42. The molecule has 1 amide bonds. The fraction of sp³-hybridized carbons (Fsp3) is 0.500. The molecule has 7 heteroatoms. The van der Waals surface area contributed by atoms with Crippen molar-refractivity contribution in [3.8, 4) is 0 Å². The van der Waals surface area contributed by atoms with Gasteiger partial charge in [0.25, 0.3) is 11.6 Å². The molecule has 3 rings (SSSR count). The summed E-state index contributed by atoms with van der Waals surface area (Å²) in [6, 6.07) is 3.92. The van der Waals surface area contributed by atoms with Crippen LogP contribution in [0.15, 0.2) is 18.2 Å². The second kappa shape index (κ2) is 5.09. The number of nitrogens with one attached hydrogen (secondary N) is 1. The molecule has 1 heterocycles. The van der Waals surface area contributed by atoms with Gasteiger partial charge in [0.05, 0.1) is 17.1 Å². The van der Waals surface area contributed by atoms with Gasteiger partial charge in [0, 0.05) is 36.3 Å². The van der Waals surface area contributed by atoms with Crippen molar-refractivity contribution in [3.05, 3.63) is 39.4 Å². The summed E-state index contributed by atoms with van der Waals surface area (Å²) in [6.45, 7) is 2.42. The van der Waals surface area contributed by atoms with Crippen LogP contribution in [0, 0.1) is 23.0 Å². The van der Waals surface area contributed by atoms with Crippen LogP contribution in [0.4, 0.5) is 5.69 Å². The molecule has 4 unspecified atom stereocenters. The third kappa shape index (κ3) is 2.28. The van der Waals surface area contributed by atoms with E-state index in [1.165, 1.54) is 12.1 Å². The normalized spacial score (nSPS) is 30.4. The maximum Gasteiger partial charge on any atom is 0.270 e. The molecule has 0 radical (unpaired) electrons. The molecule has 3 N–H and O–H groups in total. The Bertz CT molecular complexity index is 604. The van der Waals surface area contributed by atoms with Crippen molar-refractivity contribution in [1.82, 2.24) is 5.32 Å². The molecule has 4 atom stereocenters. The largest absolute Gasteiger partial charge is 0.376 e. The first-order valence-corrected chi connectivity index (χ1v) is 6.92. The number of aryl methyl sites for hydroxylation is 1. The molecule has 2 fully saturated rings. The Morgan fingerprint density at radius 2 is 2.29 bits per heavy atom. The van der Waals surface area contributed by atoms with Crippen molar-refractivity contribution in [1.29, 1.82) is 0 Å². The van der Waals surface area contributed by atoms with E-state index in [0.717, 1.165) is 6.42 Å². The van der Waals surface area contributed by atoms with Gasteiger partial charge < -0.3 is 15.8 Å². The Balaban J connectivity index is 1.76. The minimum Gasteiger partial charge on any atom is -0.376 e. The van der Waals surface area contributed by atoms with Crippen molar-refractivity contribution in [2.45, 2.75) is 31.5 Å². The third-order valence-corrected chi connectivity index (χ3v) is 4.42. The van der Waals surface area contributed by atoms with Gasteiger partial charge in [-0.05, 0) is 18.9 Å². The average molecular weight is 291 g/mol. The molecule has 1 saturated heterocycles. The highest BCUT2D eigenvalue weighted by molar-refractivity contribution is 5.96. The van der Waals surface area contributed by atoms with Crippen LogP contribution in [-0.4, -0.2) is 35.6 Å². The van der Waals surface area contributed by atoms with Gasteiger partial charge in [-0.15, -0.1) is 0 Å². The first kappa shape index (κ1) is 14.0. The zero-order chi connectivity index (χ0) is 15.1. The van der Waals surface area contributed by atoms with Gasteiger partial charge in [-0.3, -0.25) is 14.9 Å². The van der Waals surface area contributed by atoms with Crippen molar-refractivity contribution in [3.63, 3.8) is 0 Å². The van der Waals surface area contributed by atoms with Crippen LogP contribution in [-0.2, 0) is 4.74 Å². The Morgan fingerprint density at radius 3 is 3.00 bits per heavy atom. The van der Waals surface area contributed by atoms with Crippen molar-refractivity contribution in [2.24, 2.45) is 11.7 Å². The highest BCUT2D eigenvalue weighted by Crippen LogP contribution is 2.37. The summed E-state index contributed by atoms with van der Waals surface area (Å²) < 4.78 is 5.56. The second-order valence-electron chi connectivity index (χ2n) is 5.62. The minimum absolute atomic E-state index is 0.0250. The first-order valence-electron chi connectivity index (χ1n) is 6.92. The number of nitro groups is 1. The monoisotopic (exact) mass is 291 g/mol. The Labute approximate surface area is 121 Å². The molecule has 7 nitrogen and oxygen atoms in total. The molecule has 2 aliphatic rings. The molecular formula is C14H17N3O4. The fourth-order valence-corrected chi connectivity index (χ4v) is 3.13. The number of hydrogen-bond acceptors (Lipinski definition) is 5. The summed E-state index contributed by atoms with van der Waals surface area (Å²) in [5.74, 6) is -0.0351. The molecule has 1 saturated carbocycles. The van der Waals surface area contributed by atoms with E-state index in [2.05, 4.69) is 5.32 Å². The van der Waals surface area contributed by atoms with E-state index in [9.17, 15) is 14.9 Å². The molecule has 0 aromatic heterocycles. The summed E-state index contributed by atoms with van der Waals surface area (Å²) in [4.78, 5) is 22.6. The SMILES string of the molecule is Cc1ccc([N+](=O)[O-])cc1C(=O)NC1C(N)C2CCOC21. The van der Waals surface area contributed by atoms with E-state index in [0.29, 0.717) is 23.7 Å². The molecule has 1 aliphatic carbocycles. The quantitative estimate of drug-likeness (QED) is 0.631. The molecule has 1 aromatic carbocycles. The van der Waals surface area contributed by atoms with E-state index in [4.69, 9.17) is 10.5 Å². The highest BCUT2D eigenvalue weighted by Gasteiger charge is 2.52. The molecule has 1 aromatic rings. The fourth-order valence-electron chi connectivity index (χ4n) is 3.13. The van der Waals surface area contributed by atoms with Crippen LogP contribution >= 0.6 is 0 Å². The lowest BCUT2D eigenvalue weighted by molar-refractivity contribution is -0.384. The predicted molar refractivity (Wildman–Crippen MR) is 74.9 cm³/mol. The lowest BCUT2D eigenvalue weighted by atomic mass is 9.72. The van der Waals surface area contributed by atoms with E-state index >= 15 is 0 Å². The van der Waals surface area contributed by atoms with Gasteiger partial charge in [0.2, 0.25) is 0 Å². The highest BCUT2D eigenvalue weighted by atomic mass is 16.6. The molecule has 1 aliphatic heterocycles. The number of nitro benzene ring substituents is 1. The van der Waals surface area contributed by atoms with Gasteiger partial charge in [-0.25, -0.2) is 0 Å². The van der Waals surface area contributed by atoms with Gasteiger partial charge in [0.15, 0.2) is 0 Å². The van der Waals surface area contributed by atoms with Crippen LogP contribution in [0.5, 0.6) is 0 Å². The van der Waals surface area contributed by atoms with Crippen LogP contribution < -0.4 is 11.1 Å². The van der Waals surface area contributed by atoms with E-state index in [-0.39, 0.29) is 29.8 Å². The standard InChI is InChI=1S/C14H17N3O4/c1-7-2-3-8(17(19)20)6-10(7)14(18)16-12-11(15)9-4-5-21-13(9)12/h2-3,6,9,11-13H,4-5,15H2,1H3,(H,16,18). The van der Waals surface area contributed by atoms with Crippen LogP contribution in [0.1, 0.15) is 22.3 Å². The lowest BCUT2D eigenvalue weighted by Gasteiger charge is -2.45. The first-order chi connectivity index (χ1) is 9.99. The summed E-state index contributed by atoms with van der Waals surface area (Å²) in [5, 5.41) is 13.7. The van der Waals surface area contributed by atoms with Gasteiger partial charge in [0.1, 0.15) is 0 Å². The van der Waals surface area contributed by atoms with E-state index in [1.54, 1.807) is 13.0 Å². The van der Waals surface area contributed by atoms with E-state index < -0.39 is 4.92 Å². The number of ether oxygens (including phenoxy) is 1. The maximum atomic E-state index is 12.3. The molecule has 0 spiro atoms. The molecular weight excluding hydrogens is 274 g/mol. The number of carbonyl (C=O) groups is 1. The Morgan fingerprint density at radius 1 is 1.52 bits per heavy atom. The zero-order valence-electron chi connectivity index (χ0n) is 11.6. The minimum atomic E-state index is -0.512. The predicted octanol–water partition coefficient (Wildman–Crippen LogP) is 0.748. The van der Waals surface area contributed by atoms with Crippen molar-refractivity contribution < 1.29 is 14.5 Å². The summed E-state index contributed by atoms with van der Waals surface area (Å²) in [7, 11) is 0. The van der Waals surface area contributed by atoms with Crippen LogP contribution in [0.25, 0.3) is 0 Å². The number of amides is 1. The topological polar surface area (TPSA) is 107 Å². The number of benzene rings is 1. The van der Waals surface area contributed by atoms with Crippen LogP contribution in [0.2, 0.25) is 0 Å². The average Bonchev–Trinajstić information content (AvgIpc) is 2.89. The number of nitrogens with zero attached hydrogens (tertiary/aromatic N) is 1. The molecule has 0 bridgehead atoms. The lowest BCUT2D eigenvalue weighted by Crippen LogP contribution is -2.69. The molecule has 112 valence electrons. The number of carbonyl (C=O) groups excluding carboxylic acids is 1. The van der Waals surface area contributed by atoms with Crippen molar-refractivity contribution >= 4 is 11.6 Å². The summed E-state index contributed by atoms with van der Waals surface area (Å²) in [6.07, 6.45) is 0.900. The summed E-state index contributed by atoms with van der Waals surface area (Å²) >= 11 is 0. The maximum absolute atomic E-state index is 12.3. The number of nitrogens with two attached hydrogens (primary N) is 1. The number of non-ortho nitro benzene ring substituents is 1. The summed E-state index contributed by atoms with van der Waals surface area (Å²) in [5.41, 5.74) is 6.94. The Kier molecular flexibility index (Phi) is 3.38. The Hall–Kier alpha value is -1.99. The van der Waals surface area contributed by atoms with Gasteiger partial charge in [-0.2, -0.15) is 0 Å². The number of rotatable bonds is 3. The second-order valence-corrected chi connectivity index (χ2v) is 5.62. The van der Waals surface area contributed by atoms with Gasteiger partial charge in [-0.1, -0.05) is 6.07 Å². The smallest absolute Gasteiger partial charge is 0.270 e.